The molecule has 22 heavy (non-hydrogen) atoms. The van der Waals surface area contributed by atoms with Crippen molar-refractivity contribution in [2.45, 2.75) is 38.1 Å². The Bertz CT molecular complexity index is 529. The van der Waals surface area contributed by atoms with E-state index in [9.17, 15) is 4.79 Å². The molecule has 0 radical (unpaired) electrons. The van der Waals surface area contributed by atoms with Crippen molar-refractivity contribution in [1.82, 2.24) is 15.3 Å². The number of nitrogens with zero attached hydrogens (tertiary/aromatic N) is 4. The first-order valence-electron chi connectivity index (χ1n) is 8.18. The number of carbonyl (C=O) groups is 1. The molecule has 1 amide bonds. The molecule has 1 saturated carbocycles. The van der Waals surface area contributed by atoms with Crippen molar-refractivity contribution >= 4 is 17.5 Å². The van der Waals surface area contributed by atoms with E-state index in [1.165, 1.54) is 6.42 Å². The maximum Gasteiger partial charge on any atom is 0.223 e. The highest BCUT2D eigenvalue weighted by atomic mass is 16.2. The van der Waals surface area contributed by atoms with Gasteiger partial charge in [-0.3, -0.25) is 4.79 Å². The molecule has 6 heteroatoms. The molecule has 1 aromatic rings. The van der Waals surface area contributed by atoms with E-state index in [-0.39, 0.29) is 17.9 Å². The lowest BCUT2D eigenvalue weighted by Crippen LogP contribution is -2.50. The number of carbonyl (C=O) groups excluding carboxylic acids is 1. The smallest absolute Gasteiger partial charge is 0.223 e. The van der Waals surface area contributed by atoms with Crippen molar-refractivity contribution < 1.29 is 4.79 Å². The highest BCUT2D eigenvalue weighted by molar-refractivity contribution is 5.79. The SMILES string of the molecule is CN(C)c1cc(N2CCC[C@@H](NC(=O)C3CCC3)C2)ncn1. The van der Waals surface area contributed by atoms with E-state index in [0.717, 1.165) is 50.4 Å². The third-order valence-electron chi connectivity index (χ3n) is 4.66. The summed E-state index contributed by atoms with van der Waals surface area (Å²) in [5.41, 5.74) is 0. The van der Waals surface area contributed by atoms with Crippen LogP contribution in [0.4, 0.5) is 11.6 Å². The molecule has 3 rings (SSSR count). The minimum atomic E-state index is 0.236. The monoisotopic (exact) mass is 303 g/mol. The van der Waals surface area contributed by atoms with E-state index < -0.39 is 0 Å². The van der Waals surface area contributed by atoms with E-state index in [1.807, 2.05) is 25.1 Å². The number of amides is 1. The van der Waals surface area contributed by atoms with Crippen LogP contribution in [0.2, 0.25) is 0 Å². The molecule has 2 fully saturated rings. The molecule has 1 aliphatic heterocycles. The number of hydrogen-bond acceptors (Lipinski definition) is 5. The lowest BCUT2D eigenvalue weighted by molar-refractivity contribution is -0.128. The fourth-order valence-electron chi connectivity index (χ4n) is 3.05. The van der Waals surface area contributed by atoms with Gasteiger partial charge >= 0.3 is 0 Å². The summed E-state index contributed by atoms with van der Waals surface area (Å²) in [6.07, 6.45) is 7.06. The van der Waals surface area contributed by atoms with E-state index >= 15 is 0 Å². The highest BCUT2D eigenvalue weighted by Crippen LogP contribution is 2.27. The van der Waals surface area contributed by atoms with Crippen LogP contribution in [0.25, 0.3) is 0 Å². The van der Waals surface area contributed by atoms with Crippen LogP contribution in [0, 0.1) is 5.92 Å². The fraction of sp³-hybridized carbons (Fsp3) is 0.688. The Hall–Kier alpha value is -1.85. The summed E-state index contributed by atoms with van der Waals surface area (Å²) in [4.78, 5) is 25.0. The largest absolute Gasteiger partial charge is 0.363 e. The van der Waals surface area contributed by atoms with Gasteiger partial charge in [-0.05, 0) is 25.7 Å². The van der Waals surface area contributed by atoms with Gasteiger partial charge in [0.25, 0.3) is 0 Å². The first kappa shape index (κ1) is 15.1. The summed E-state index contributed by atoms with van der Waals surface area (Å²) in [6, 6.07) is 2.25. The number of piperidine rings is 1. The van der Waals surface area contributed by atoms with Crippen LogP contribution >= 0.6 is 0 Å². The zero-order chi connectivity index (χ0) is 15.5. The zero-order valence-corrected chi connectivity index (χ0v) is 13.5. The quantitative estimate of drug-likeness (QED) is 0.912. The Morgan fingerprint density at radius 3 is 2.77 bits per heavy atom. The van der Waals surface area contributed by atoms with Crippen LogP contribution < -0.4 is 15.1 Å². The highest BCUT2D eigenvalue weighted by Gasteiger charge is 2.29. The van der Waals surface area contributed by atoms with Gasteiger partial charge in [-0.15, -0.1) is 0 Å². The normalized spacial score (nSPS) is 22.1. The van der Waals surface area contributed by atoms with Crippen LogP contribution in [0.15, 0.2) is 12.4 Å². The standard InChI is InChI=1S/C16H25N5O/c1-20(2)14-9-15(18-11-17-14)21-8-4-7-13(10-21)19-16(22)12-5-3-6-12/h9,11-13H,3-8,10H2,1-2H3,(H,19,22)/t13-/m1/s1. The van der Waals surface area contributed by atoms with Gasteiger partial charge in [-0.2, -0.15) is 0 Å². The third kappa shape index (κ3) is 3.31. The second kappa shape index (κ2) is 6.50. The van der Waals surface area contributed by atoms with Crippen molar-refractivity contribution in [1.29, 1.82) is 0 Å². The van der Waals surface area contributed by atoms with Gasteiger partial charge in [0, 0.05) is 45.2 Å². The van der Waals surface area contributed by atoms with Crippen molar-refractivity contribution in [2.75, 3.05) is 37.0 Å². The molecular formula is C16H25N5O. The lowest BCUT2D eigenvalue weighted by Gasteiger charge is -2.35. The van der Waals surface area contributed by atoms with Gasteiger partial charge < -0.3 is 15.1 Å². The van der Waals surface area contributed by atoms with Crippen LogP contribution in [-0.4, -0.2) is 49.1 Å². The van der Waals surface area contributed by atoms with Crippen molar-refractivity contribution in [2.24, 2.45) is 5.92 Å². The van der Waals surface area contributed by atoms with Gasteiger partial charge in [0.1, 0.15) is 18.0 Å². The molecule has 0 spiro atoms. The number of hydrogen-bond donors (Lipinski definition) is 1. The second-order valence-electron chi connectivity index (χ2n) is 6.55. The van der Waals surface area contributed by atoms with Gasteiger partial charge in [0.2, 0.25) is 5.91 Å². The molecule has 1 N–H and O–H groups in total. The maximum atomic E-state index is 12.1. The first-order chi connectivity index (χ1) is 10.6. The zero-order valence-electron chi connectivity index (χ0n) is 13.5. The Labute approximate surface area is 131 Å². The fourth-order valence-corrected chi connectivity index (χ4v) is 3.05. The molecule has 1 saturated heterocycles. The van der Waals surface area contributed by atoms with Crippen molar-refractivity contribution in [3.05, 3.63) is 12.4 Å². The molecule has 6 nitrogen and oxygen atoms in total. The molecule has 1 aliphatic carbocycles. The lowest BCUT2D eigenvalue weighted by atomic mass is 9.84. The Balaban J connectivity index is 1.62. The van der Waals surface area contributed by atoms with E-state index in [1.54, 1.807) is 6.33 Å². The molecule has 2 heterocycles. The van der Waals surface area contributed by atoms with Crippen molar-refractivity contribution in [3.8, 4) is 0 Å². The minimum Gasteiger partial charge on any atom is -0.363 e. The van der Waals surface area contributed by atoms with Crippen LogP contribution in [0.3, 0.4) is 0 Å². The number of rotatable bonds is 4. The molecule has 1 atom stereocenters. The topological polar surface area (TPSA) is 61.4 Å². The summed E-state index contributed by atoms with van der Waals surface area (Å²) >= 11 is 0. The van der Waals surface area contributed by atoms with Gasteiger partial charge in [-0.1, -0.05) is 6.42 Å². The summed E-state index contributed by atoms with van der Waals surface area (Å²) in [6.45, 7) is 1.82. The number of anilines is 2. The molecular weight excluding hydrogens is 278 g/mol. The second-order valence-corrected chi connectivity index (χ2v) is 6.55. The van der Waals surface area contributed by atoms with E-state index in [2.05, 4.69) is 20.2 Å². The number of nitrogens with one attached hydrogen (secondary N) is 1. The van der Waals surface area contributed by atoms with Crippen molar-refractivity contribution in [3.63, 3.8) is 0 Å². The average molecular weight is 303 g/mol. The summed E-state index contributed by atoms with van der Waals surface area (Å²) in [5, 5.41) is 3.22. The predicted molar refractivity (Wildman–Crippen MR) is 87.1 cm³/mol. The summed E-state index contributed by atoms with van der Waals surface area (Å²) in [5.74, 6) is 2.36. The van der Waals surface area contributed by atoms with Gasteiger partial charge in [0.15, 0.2) is 0 Å². The van der Waals surface area contributed by atoms with Gasteiger partial charge in [-0.25, -0.2) is 9.97 Å². The molecule has 2 aliphatic rings. The van der Waals surface area contributed by atoms with E-state index in [4.69, 9.17) is 0 Å². The first-order valence-corrected chi connectivity index (χ1v) is 8.18. The van der Waals surface area contributed by atoms with Crippen LogP contribution in [0.1, 0.15) is 32.1 Å². The average Bonchev–Trinajstić information content (AvgIpc) is 2.45. The van der Waals surface area contributed by atoms with Gasteiger partial charge in [0.05, 0.1) is 0 Å². The summed E-state index contributed by atoms with van der Waals surface area (Å²) in [7, 11) is 3.95. The molecule has 0 bridgehead atoms. The third-order valence-corrected chi connectivity index (χ3v) is 4.66. The van der Waals surface area contributed by atoms with Crippen LogP contribution in [0.5, 0.6) is 0 Å². The van der Waals surface area contributed by atoms with E-state index in [0.29, 0.717) is 0 Å². The minimum absolute atomic E-state index is 0.236. The Morgan fingerprint density at radius 2 is 2.09 bits per heavy atom. The predicted octanol–water partition coefficient (Wildman–Crippen LogP) is 1.43. The molecule has 0 aromatic carbocycles. The Kier molecular flexibility index (Phi) is 4.45. The van der Waals surface area contributed by atoms with Crippen LogP contribution in [-0.2, 0) is 4.79 Å². The molecule has 0 unspecified atom stereocenters. The summed E-state index contributed by atoms with van der Waals surface area (Å²) < 4.78 is 0. The maximum absolute atomic E-state index is 12.1. The Morgan fingerprint density at radius 1 is 1.27 bits per heavy atom. The molecule has 120 valence electrons. The molecule has 1 aromatic heterocycles. The number of aromatic nitrogens is 2.